The number of amides is 1. The summed E-state index contributed by atoms with van der Waals surface area (Å²) in [4.78, 5) is 14.7. The maximum atomic E-state index is 12.3. The molecule has 6 heteroatoms. The summed E-state index contributed by atoms with van der Waals surface area (Å²) < 4.78 is 10.7. The molecule has 2 aliphatic heterocycles. The molecule has 2 aliphatic rings. The topological polar surface area (TPSA) is 62.8 Å². The molecule has 0 aromatic heterocycles. The normalized spacial score (nSPS) is 23.0. The zero-order valence-electron chi connectivity index (χ0n) is 14.3. The number of morpholine rings is 1. The van der Waals surface area contributed by atoms with Gasteiger partial charge in [-0.2, -0.15) is 0 Å². The number of rotatable bonds is 6. The first-order chi connectivity index (χ1) is 11.8. The van der Waals surface area contributed by atoms with Crippen LogP contribution in [0.2, 0.25) is 0 Å². The first-order valence-corrected chi connectivity index (χ1v) is 8.75. The van der Waals surface area contributed by atoms with Crippen molar-refractivity contribution in [2.45, 2.75) is 24.9 Å². The Kier molecular flexibility index (Phi) is 6.07. The van der Waals surface area contributed by atoms with Gasteiger partial charge in [0.1, 0.15) is 5.75 Å². The largest absolute Gasteiger partial charge is 0.497 e. The highest BCUT2D eigenvalue weighted by molar-refractivity contribution is 5.82. The quantitative estimate of drug-likeness (QED) is 0.811. The SMILES string of the molecule is COc1ccc(C(CNC(=O)C2CCCN2)N2CCOCC2)cc1. The Morgan fingerprint density at radius 1 is 1.38 bits per heavy atom. The van der Waals surface area contributed by atoms with Crippen molar-refractivity contribution < 1.29 is 14.3 Å². The average Bonchev–Trinajstić information content (AvgIpc) is 3.18. The van der Waals surface area contributed by atoms with Gasteiger partial charge in [0.15, 0.2) is 0 Å². The van der Waals surface area contributed by atoms with E-state index in [1.165, 1.54) is 5.56 Å². The third kappa shape index (κ3) is 4.26. The molecule has 132 valence electrons. The van der Waals surface area contributed by atoms with Crippen molar-refractivity contribution in [3.63, 3.8) is 0 Å². The monoisotopic (exact) mass is 333 g/mol. The minimum atomic E-state index is -0.0359. The van der Waals surface area contributed by atoms with Crippen molar-refractivity contribution in [2.24, 2.45) is 0 Å². The van der Waals surface area contributed by atoms with Gasteiger partial charge in [-0.1, -0.05) is 12.1 Å². The van der Waals surface area contributed by atoms with Crippen LogP contribution >= 0.6 is 0 Å². The van der Waals surface area contributed by atoms with E-state index in [9.17, 15) is 4.79 Å². The lowest BCUT2D eigenvalue weighted by Gasteiger charge is -2.35. The van der Waals surface area contributed by atoms with Gasteiger partial charge in [-0.15, -0.1) is 0 Å². The summed E-state index contributed by atoms with van der Waals surface area (Å²) in [6, 6.07) is 8.24. The summed E-state index contributed by atoms with van der Waals surface area (Å²) in [7, 11) is 1.67. The molecule has 0 spiro atoms. The van der Waals surface area contributed by atoms with Gasteiger partial charge in [0, 0.05) is 19.6 Å². The van der Waals surface area contributed by atoms with E-state index in [2.05, 4.69) is 27.7 Å². The van der Waals surface area contributed by atoms with Gasteiger partial charge in [0.2, 0.25) is 5.91 Å². The van der Waals surface area contributed by atoms with Gasteiger partial charge >= 0.3 is 0 Å². The Morgan fingerprint density at radius 2 is 2.12 bits per heavy atom. The summed E-state index contributed by atoms with van der Waals surface area (Å²) in [6.45, 7) is 4.80. The molecular formula is C18H27N3O3. The van der Waals surface area contributed by atoms with E-state index < -0.39 is 0 Å². The van der Waals surface area contributed by atoms with Crippen LogP contribution in [-0.2, 0) is 9.53 Å². The molecule has 2 atom stereocenters. The highest BCUT2D eigenvalue weighted by Gasteiger charge is 2.26. The Hall–Kier alpha value is -1.63. The molecule has 0 bridgehead atoms. The van der Waals surface area contributed by atoms with Crippen molar-refractivity contribution in [3.05, 3.63) is 29.8 Å². The fourth-order valence-electron chi connectivity index (χ4n) is 3.40. The van der Waals surface area contributed by atoms with Crippen LogP contribution < -0.4 is 15.4 Å². The number of methoxy groups -OCH3 is 1. The maximum Gasteiger partial charge on any atom is 0.237 e. The minimum Gasteiger partial charge on any atom is -0.497 e. The third-order valence-corrected chi connectivity index (χ3v) is 4.83. The van der Waals surface area contributed by atoms with Crippen LogP contribution in [0.5, 0.6) is 5.75 Å². The second-order valence-corrected chi connectivity index (χ2v) is 6.33. The van der Waals surface area contributed by atoms with E-state index in [1.54, 1.807) is 7.11 Å². The zero-order chi connectivity index (χ0) is 16.8. The van der Waals surface area contributed by atoms with E-state index in [1.807, 2.05) is 12.1 Å². The Balaban J connectivity index is 1.67. The highest BCUT2D eigenvalue weighted by Crippen LogP contribution is 2.23. The third-order valence-electron chi connectivity index (χ3n) is 4.83. The maximum absolute atomic E-state index is 12.3. The lowest BCUT2D eigenvalue weighted by atomic mass is 10.0. The van der Waals surface area contributed by atoms with Crippen LogP contribution in [0.4, 0.5) is 0 Å². The Bertz CT molecular complexity index is 523. The first-order valence-electron chi connectivity index (χ1n) is 8.75. The minimum absolute atomic E-state index is 0.0359. The number of benzene rings is 1. The van der Waals surface area contributed by atoms with Crippen molar-refractivity contribution in [1.29, 1.82) is 0 Å². The molecule has 24 heavy (non-hydrogen) atoms. The van der Waals surface area contributed by atoms with Crippen molar-refractivity contribution in [2.75, 3.05) is 46.5 Å². The van der Waals surface area contributed by atoms with E-state index in [-0.39, 0.29) is 18.0 Å². The van der Waals surface area contributed by atoms with Crippen molar-refractivity contribution in [1.82, 2.24) is 15.5 Å². The van der Waals surface area contributed by atoms with Crippen LogP contribution in [-0.4, -0.2) is 63.4 Å². The fourth-order valence-corrected chi connectivity index (χ4v) is 3.40. The second kappa shape index (κ2) is 8.46. The van der Waals surface area contributed by atoms with Gasteiger partial charge in [-0.3, -0.25) is 9.69 Å². The number of carbonyl (C=O) groups is 1. The zero-order valence-corrected chi connectivity index (χ0v) is 14.3. The van der Waals surface area contributed by atoms with Crippen LogP contribution in [0.25, 0.3) is 0 Å². The van der Waals surface area contributed by atoms with E-state index in [0.29, 0.717) is 6.54 Å². The molecule has 3 rings (SSSR count). The van der Waals surface area contributed by atoms with Crippen molar-refractivity contribution in [3.8, 4) is 5.75 Å². The van der Waals surface area contributed by atoms with Crippen LogP contribution in [0.15, 0.2) is 24.3 Å². The second-order valence-electron chi connectivity index (χ2n) is 6.33. The number of hydrogen-bond acceptors (Lipinski definition) is 5. The van der Waals surface area contributed by atoms with Crippen LogP contribution in [0.1, 0.15) is 24.4 Å². The van der Waals surface area contributed by atoms with Gasteiger partial charge in [0.05, 0.1) is 32.4 Å². The molecule has 2 unspecified atom stereocenters. The molecule has 6 nitrogen and oxygen atoms in total. The molecule has 1 amide bonds. The van der Waals surface area contributed by atoms with Gasteiger partial charge < -0.3 is 20.1 Å². The molecule has 0 saturated carbocycles. The lowest BCUT2D eigenvalue weighted by molar-refractivity contribution is -0.123. The number of hydrogen-bond donors (Lipinski definition) is 2. The van der Waals surface area contributed by atoms with Gasteiger partial charge in [-0.05, 0) is 37.1 Å². The average molecular weight is 333 g/mol. The van der Waals surface area contributed by atoms with E-state index in [4.69, 9.17) is 9.47 Å². The number of carbonyl (C=O) groups excluding carboxylic acids is 1. The molecule has 0 aliphatic carbocycles. The first kappa shape index (κ1) is 17.2. The molecule has 1 aromatic rings. The molecule has 2 N–H and O–H groups in total. The summed E-state index contributed by atoms with van der Waals surface area (Å²) in [5.41, 5.74) is 1.19. The number of ether oxygens (including phenoxy) is 2. The lowest BCUT2D eigenvalue weighted by Crippen LogP contribution is -2.47. The van der Waals surface area contributed by atoms with Crippen LogP contribution in [0, 0.1) is 0 Å². The smallest absolute Gasteiger partial charge is 0.237 e. The van der Waals surface area contributed by atoms with E-state index in [0.717, 1.165) is 51.4 Å². The predicted molar refractivity (Wildman–Crippen MR) is 92.2 cm³/mol. The molecule has 2 saturated heterocycles. The predicted octanol–water partition coefficient (Wildman–Crippen LogP) is 0.937. The summed E-state index contributed by atoms with van der Waals surface area (Å²) in [5, 5.41) is 6.39. The number of nitrogens with one attached hydrogen (secondary N) is 2. The summed E-state index contributed by atoms with van der Waals surface area (Å²) >= 11 is 0. The Labute approximate surface area is 143 Å². The molecule has 1 aromatic carbocycles. The molecule has 2 heterocycles. The molecular weight excluding hydrogens is 306 g/mol. The fraction of sp³-hybridized carbons (Fsp3) is 0.611. The summed E-state index contributed by atoms with van der Waals surface area (Å²) in [6.07, 6.45) is 2.00. The van der Waals surface area contributed by atoms with Gasteiger partial charge in [-0.25, -0.2) is 0 Å². The standard InChI is InChI=1S/C18H27N3O3/c1-23-15-6-4-14(5-7-15)17(21-9-11-24-12-10-21)13-20-18(22)16-3-2-8-19-16/h4-7,16-17,19H,2-3,8-13H2,1H3,(H,20,22). The Morgan fingerprint density at radius 3 is 2.75 bits per heavy atom. The molecule has 0 radical (unpaired) electrons. The number of nitrogens with zero attached hydrogens (tertiary/aromatic N) is 1. The molecule has 2 fully saturated rings. The highest BCUT2D eigenvalue weighted by atomic mass is 16.5. The van der Waals surface area contributed by atoms with E-state index >= 15 is 0 Å². The van der Waals surface area contributed by atoms with Crippen molar-refractivity contribution >= 4 is 5.91 Å². The van der Waals surface area contributed by atoms with Crippen LogP contribution in [0.3, 0.4) is 0 Å². The van der Waals surface area contributed by atoms with Gasteiger partial charge in [0.25, 0.3) is 0 Å². The summed E-state index contributed by atoms with van der Waals surface area (Å²) in [5.74, 6) is 0.956.